The molecule has 2 fully saturated rings. The average Bonchev–Trinajstić information content (AvgIpc) is 2.73. The largest absolute Gasteiger partial charge is 0.373 e. The van der Waals surface area contributed by atoms with Crippen LogP contribution in [0.1, 0.15) is 30.9 Å². The van der Waals surface area contributed by atoms with Gasteiger partial charge in [-0.3, -0.25) is 0 Å². The lowest BCUT2D eigenvalue weighted by molar-refractivity contribution is -0.0498. The summed E-state index contributed by atoms with van der Waals surface area (Å²) in [6.07, 6.45) is 3.04. The monoisotopic (exact) mass is 270 g/mol. The first-order valence-electron chi connectivity index (χ1n) is 7.63. The van der Waals surface area contributed by atoms with Crippen LogP contribution in [-0.4, -0.2) is 30.6 Å². The van der Waals surface area contributed by atoms with E-state index >= 15 is 0 Å². The predicted octanol–water partition coefficient (Wildman–Crippen LogP) is 2.81. The standard InChI is InChI=1S/C17H22N2O/c1-2-19-10-15-6-7-16(11-19)17(15)20-12-14-5-3-4-13(8-14)9-18/h3-5,8,15-17H,2,6-7,10-12H2,1H3/t15-,16+,17+. The number of fused-ring (bicyclic) bond motifs is 2. The number of rotatable bonds is 4. The van der Waals surface area contributed by atoms with Crippen LogP contribution >= 0.6 is 0 Å². The third-order valence-corrected chi connectivity index (χ3v) is 4.77. The van der Waals surface area contributed by atoms with Gasteiger partial charge in [-0.05, 0) is 48.9 Å². The number of hydrogen-bond donors (Lipinski definition) is 0. The number of hydrogen-bond acceptors (Lipinski definition) is 3. The zero-order valence-electron chi connectivity index (χ0n) is 12.1. The van der Waals surface area contributed by atoms with Crippen LogP contribution in [0.5, 0.6) is 0 Å². The first-order chi connectivity index (χ1) is 9.80. The maximum atomic E-state index is 8.93. The number of piperidine rings is 1. The van der Waals surface area contributed by atoms with E-state index in [-0.39, 0.29) is 0 Å². The highest BCUT2D eigenvalue weighted by Gasteiger charge is 2.42. The second kappa shape index (κ2) is 5.95. The Labute approximate surface area is 121 Å². The van der Waals surface area contributed by atoms with E-state index in [9.17, 15) is 0 Å². The van der Waals surface area contributed by atoms with E-state index in [1.807, 2.05) is 24.3 Å². The van der Waals surface area contributed by atoms with Crippen molar-refractivity contribution in [2.24, 2.45) is 11.8 Å². The minimum Gasteiger partial charge on any atom is -0.373 e. The summed E-state index contributed by atoms with van der Waals surface area (Å²) in [5.74, 6) is 1.40. The molecule has 2 aliphatic rings. The molecule has 3 heteroatoms. The molecule has 20 heavy (non-hydrogen) atoms. The van der Waals surface area contributed by atoms with Crippen LogP contribution in [0.4, 0.5) is 0 Å². The van der Waals surface area contributed by atoms with Crippen molar-refractivity contribution in [2.75, 3.05) is 19.6 Å². The van der Waals surface area contributed by atoms with Crippen LogP contribution in [-0.2, 0) is 11.3 Å². The van der Waals surface area contributed by atoms with E-state index in [0.717, 1.165) is 17.7 Å². The molecule has 3 nitrogen and oxygen atoms in total. The third-order valence-electron chi connectivity index (χ3n) is 4.77. The molecule has 1 saturated carbocycles. The Kier molecular flexibility index (Phi) is 4.05. The van der Waals surface area contributed by atoms with Crippen molar-refractivity contribution in [2.45, 2.75) is 32.5 Å². The maximum absolute atomic E-state index is 8.93. The van der Waals surface area contributed by atoms with Crippen molar-refractivity contribution >= 4 is 0 Å². The highest BCUT2D eigenvalue weighted by atomic mass is 16.5. The molecule has 3 rings (SSSR count). The van der Waals surface area contributed by atoms with Crippen molar-refractivity contribution < 1.29 is 4.74 Å². The summed E-state index contributed by atoms with van der Waals surface area (Å²) in [5.41, 5.74) is 1.83. The lowest BCUT2D eigenvalue weighted by Gasteiger charge is -2.37. The minimum atomic E-state index is 0.420. The van der Waals surface area contributed by atoms with E-state index < -0.39 is 0 Å². The van der Waals surface area contributed by atoms with Gasteiger partial charge in [0.2, 0.25) is 0 Å². The smallest absolute Gasteiger partial charge is 0.0991 e. The molecule has 1 aliphatic carbocycles. The fourth-order valence-corrected chi connectivity index (χ4v) is 3.72. The number of ether oxygens (including phenoxy) is 1. The molecule has 0 amide bonds. The lowest BCUT2D eigenvalue weighted by Crippen LogP contribution is -2.45. The molecule has 3 atom stereocenters. The van der Waals surface area contributed by atoms with E-state index in [1.54, 1.807) is 0 Å². The van der Waals surface area contributed by atoms with Gasteiger partial charge < -0.3 is 9.64 Å². The zero-order chi connectivity index (χ0) is 13.9. The molecular weight excluding hydrogens is 248 g/mol. The Morgan fingerprint density at radius 2 is 2.05 bits per heavy atom. The fraction of sp³-hybridized carbons (Fsp3) is 0.588. The Bertz CT molecular complexity index is 494. The number of likely N-dealkylation sites (tertiary alicyclic amines) is 1. The van der Waals surface area contributed by atoms with Gasteiger partial charge in [0.25, 0.3) is 0 Å². The van der Waals surface area contributed by atoms with Crippen molar-refractivity contribution in [1.29, 1.82) is 5.26 Å². The van der Waals surface area contributed by atoms with E-state index in [0.29, 0.717) is 24.5 Å². The Morgan fingerprint density at radius 3 is 2.70 bits per heavy atom. The zero-order valence-corrected chi connectivity index (χ0v) is 12.1. The second-order valence-corrected chi connectivity index (χ2v) is 6.04. The average molecular weight is 270 g/mol. The molecule has 0 unspecified atom stereocenters. The van der Waals surface area contributed by atoms with Crippen LogP contribution in [0, 0.1) is 23.2 Å². The van der Waals surface area contributed by atoms with Gasteiger partial charge in [0.15, 0.2) is 0 Å². The van der Waals surface area contributed by atoms with Crippen molar-refractivity contribution in [3.63, 3.8) is 0 Å². The molecule has 2 bridgehead atoms. The quantitative estimate of drug-likeness (QED) is 0.844. The first-order valence-corrected chi connectivity index (χ1v) is 7.63. The highest BCUT2D eigenvalue weighted by Crippen LogP contribution is 2.39. The number of nitriles is 1. The SMILES string of the molecule is CCN1C[C@H]2CC[C@@H](C1)[C@H]2OCc1cccc(C#N)c1. The summed E-state index contributed by atoms with van der Waals surface area (Å²) in [4.78, 5) is 2.55. The molecule has 0 spiro atoms. The summed E-state index contributed by atoms with van der Waals surface area (Å²) in [6.45, 7) is 6.42. The van der Waals surface area contributed by atoms with Gasteiger partial charge in [-0.1, -0.05) is 19.1 Å². The topological polar surface area (TPSA) is 36.3 Å². The lowest BCUT2D eigenvalue weighted by atomic mass is 9.95. The van der Waals surface area contributed by atoms with Gasteiger partial charge in [0.1, 0.15) is 0 Å². The fourth-order valence-electron chi connectivity index (χ4n) is 3.72. The summed E-state index contributed by atoms with van der Waals surface area (Å²) in [5, 5.41) is 8.93. The van der Waals surface area contributed by atoms with Crippen LogP contribution in [0.15, 0.2) is 24.3 Å². The van der Waals surface area contributed by atoms with Gasteiger partial charge >= 0.3 is 0 Å². The third kappa shape index (κ3) is 2.72. The Hall–Kier alpha value is -1.37. The Balaban J connectivity index is 1.60. The molecule has 106 valence electrons. The number of nitrogens with zero attached hydrogens (tertiary/aromatic N) is 2. The molecule has 0 aromatic heterocycles. The number of benzene rings is 1. The molecular formula is C17H22N2O. The minimum absolute atomic E-state index is 0.420. The van der Waals surface area contributed by atoms with Crippen molar-refractivity contribution in [3.05, 3.63) is 35.4 Å². The first kappa shape index (κ1) is 13.6. The molecule has 1 saturated heterocycles. The molecule has 1 heterocycles. The van der Waals surface area contributed by atoms with Crippen molar-refractivity contribution in [3.8, 4) is 6.07 Å². The summed E-state index contributed by atoms with van der Waals surface area (Å²) < 4.78 is 6.21. The van der Waals surface area contributed by atoms with Crippen LogP contribution < -0.4 is 0 Å². The molecule has 1 aromatic carbocycles. The molecule has 1 aliphatic heterocycles. The molecule has 0 N–H and O–H groups in total. The van der Waals surface area contributed by atoms with Gasteiger partial charge in [0.05, 0.1) is 24.3 Å². The Morgan fingerprint density at radius 1 is 1.30 bits per heavy atom. The summed E-state index contributed by atoms with van der Waals surface area (Å²) in [6, 6.07) is 9.94. The predicted molar refractivity (Wildman–Crippen MR) is 78.1 cm³/mol. The highest BCUT2D eigenvalue weighted by molar-refractivity contribution is 5.32. The maximum Gasteiger partial charge on any atom is 0.0991 e. The van der Waals surface area contributed by atoms with E-state index in [2.05, 4.69) is 17.9 Å². The normalized spacial score (nSPS) is 29.3. The van der Waals surface area contributed by atoms with Gasteiger partial charge in [-0.25, -0.2) is 0 Å². The summed E-state index contributed by atoms with van der Waals surface area (Å²) in [7, 11) is 0. The van der Waals surface area contributed by atoms with Crippen LogP contribution in [0.25, 0.3) is 0 Å². The van der Waals surface area contributed by atoms with Gasteiger partial charge in [0, 0.05) is 13.1 Å². The van der Waals surface area contributed by atoms with E-state index in [1.165, 1.54) is 25.9 Å². The van der Waals surface area contributed by atoms with Crippen LogP contribution in [0.3, 0.4) is 0 Å². The van der Waals surface area contributed by atoms with Crippen LogP contribution in [0.2, 0.25) is 0 Å². The van der Waals surface area contributed by atoms with Crippen molar-refractivity contribution in [1.82, 2.24) is 4.90 Å². The molecule has 0 radical (unpaired) electrons. The van der Waals surface area contributed by atoms with Gasteiger partial charge in [-0.2, -0.15) is 5.26 Å². The van der Waals surface area contributed by atoms with E-state index in [4.69, 9.17) is 10.00 Å². The summed E-state index contributed by atoms with van der Waals surface area (Å²) >= 11 is 0. The van der Waals surface area contributed by atoms with Gasteiger partial charge in [-0.15, -0.1) is 0 Å². The second-order valence-electron chi connectivity index (χ2n) is 6.04. The molecule has 1 aromatic rings.